The molecule has 0 fully saturated rings. The fourth-order valence-corrected chi connectivity index (χ4v) is 3.61. The molecular weight excluding hydrogens is 280 g/mol. The van der Waals surface area contributed by atoms with E-state index >= 15 is 0 Å². The molecule has 0 saturated carbocycles. The fourth-order valence-electron chi connectivity index (χ4n) is 1.16. The molecule has 1 aromatic carbocycles. The van der Waals surface area contributed by atoms with Crippen LogP contribution in [0.25, 0.3) is 0 Å². The Bertz CT molecular complexity index is 407. The van der Waals surface area contributed by atoms with E-state index in [-0.39, 0.29) is 11.1 Å². The van der Waals surface area contributed by atoms with Crippen molar-refractivity contribution >= 4 is 30.0 Å². The molecule has 0 aliphatic heterocycles. The van der Waals surface area contributed by atoms with Gasteiger partial charge in [0.15, 0.2) is 8.32 Å². The van der Waals surface area contributed by atoms with E-state index in [2.05, 4.69) is 26.2 Å². The van der Waals surface area contributed by atoms with Gasteiger partial charge < -0.3 is 14.3 Å². The zero-order valence-electron chi connectivity index (χ0n) is 11.4. The quantitative estimate of drug-likeness (QED) is 0.835. The highest BCUT2D eigenvalue weighted by Gasteiger charge is 2.13. The number of carbonyl (C=O) groups is 2. The third-order valence-corrected chi connectivity index (χ3v) is 5.06. The minimum Gasteiger partial charge on any atom is -0.478 e. The van der Waals surface area contributed by atoms with E-state index in [1.807, 2.05) is 0 Å². The van der Waals surface area contributed by atoms with Gasteiger partial charge >= 0.3 is 11.9 Å². The van der Waals surface area contributed by atoms with Crippen molar-refractivity contribution in [2.75, 3.05) is 0 Å². The van der Waals surface area contributed by atoms with Crippen LogP contribution in [0.2, 0.25) is 26.2 Å². The first-order valence-corrected chi connectivity index (χ1v) is 10.4. The van der Waals surface area contributed by atoms with Crippen molar-refractivity contribution in [3.8, 4) is 0 Å². The van der Waals surface area contributed by atoms with E-state index in [1.54, 1.807) is 0 Å². The standard InChI is InChI=1S/C8H6O4.C4H12OSi2/c9-7(10)5-3-1-2-4-6(5)8(11)12;1-6-5-7(2,3)4/h1-4H,(H,9,10)(H,11,12);1-4H3. The van der Waals surface area contributed by atoms with Gasteiger partial charge in [0.25, 0.3) is 0 Å². The molecule has 7 heteroatoms. The Hall–Kier alpha value is -1.45. The number of aromatic carboxylic acids is 2. The highest BCUT2D eigenvalue weighted by atomic mass is 28.4. The molecule has 0 aliphatic carbocycles. The Morgan fingerprint density at radius 3 is 1.58 bits per heavy atom. The molecule has 2 radical (unpaired) electrons. The van der Waals surface area contributed by atoms with Crippen LogP contribution in [0.4, 0.5) is 0 Å². The van der Waals surface area contributed by atoms with Crippen molar-refractivity contribution in [3.05, 3.63) is 35.4 Å². The van der Waals surface area contributed by atoms with Crippen LogP contribution in [0.1, 0.15) is 20.7 Å². The molecule has 0 spiro atoms. The van der Waals surface area contributed by atoms with Gasteiger partial charge in [-0.1, -0.05) is 12.1 Å². The van der Waals surface area contributed by atoms with Gasteiger partial charge in [0, 0.05) is 0 Å². The molecule has 1 rings (SSSR count). The van der Waals surface area contributed by atoms with Crippen LogP contribution >= 0.6 is 0 Å². The molecule has 2 N–H and O–H groups in total. The largest absolute Gasteiger partial charge is 0.478 e. The molecule has 0 unspecified atom stereocenters. The lowest BCUT2D eigenvalue weighted by atomic mass is 10.1. The molecular formula is C12H18O5Si2. The number of rotatable bonds is 4. The van der Waals surface area contributed by atoms with Gasteiger partial charge in [-0.25, -0.2) is 9.59 Å². The Labute approximate surface area is 116 Å². The maximum atomic E-state index is 10.5. The van der Waals surface area contributed by atoms with E-state index in [1.165, 1.54) is 24.3 Å². The summed E-state index contributed by atoms with van der Waals surface area (Å²) in [7, 11) is -0.474. The summed E-state index contributed by atoms with van der Waals surface area (Å²) in [5, 5.41) is 17.1. The smallest absolute Gasteiger partial charge is 0.336 e. The van der Waals surface area contributed by atoms with E-state index in [0.717, 1.165) is 0 Å². The lowest BCUT2D eigenvalue weighted by molar-refractivity contribution is 0.0651. The SMILES string of the molecule is C[Si]O[Si](C)(C)C.O=C(O)c1ccccc1C(=O)O. The number of benzene rings is 1. The molecule has 5 nitrogen and oxygen atoms in total. The maximum Gasteiger partial charge on any atom is 0.336 e. The van der Waals surface area contributed by atoms with Crippen LogP contribution in [0.5, 0.6) is 0 Å². The Kier molecular flexibility index (Phi) is 7.27. The minimum absolute atomic E-state index is 0.190. The van der Waals surface area contributed by atoms with Crippen LogP contribution in [0.3, 0.4) is 0 Å². The summed E-state index contributed by atoms with van der Waals surface area (Å²) >= 11 is 0. The van der Waals surface area contributed by atoms with Crippen LogP contribution in [-0.4, -0.2) is 40.2 Å². The average molecular weight is 298 g/mol. The zero-order chi connectivity index (χ0) is 15.1. The Morgan fingerprint density at radius 1 is 1.05 bits per heavy atom. The molecule has 0 aliphatic rings. The maximum absolute atomic E-state index is 10.5. The summed E-state index contributed by atoms with van der Waals surface area (Å²) < 4.78 is 5.40. The normalized spacial score (nSPS) is 10.3. The van der Waals surface area contributed by atoms with Gasteiger partial charge in [-0.3, -0.25) is 0 Å². The summed E-state index contributed by atoms with van der Waals surface area (Å²) in [6.07, 6.45) is 0. The van der Waals surface area contributed by atoms with Crippen molar-refractivity contribution in [3.63, 3.8) is 0 Å². The summed E-state index contributed by atoms with van der Waals surface area (Å²) in [6, 6.07) is 5.48. The van der Waals surface area contributed by atoms with Crippen LogP contribution in [-0.2, 0) is 4.12 Å². The number of hydrogen-bond donors (Lipinski definition) is 2. The highest BCUT2D eigenvalue weighted by molar-refractivity contribution is 6.73. The van der Waals surface area contributed by atoms with Gasteiger partial charge in [0.2, 0.25) is 9.76 Å². The third-order valence-electron chi connectivity index (χ3n) is 1.80. The summed E-state index contributed by atoms with van der Waals surface area (Å²) in [5.74, 6) is -2.46. The van der Waals surface area contributed by atoms with E-state index in [4.69, 9.17) is 14.3 Å². The number of carboxylic acids is 2. The molecule has 19 heavy (non-hydrogen) atoms. The van der Waals surface area contributed by atoms with Crippen molar-refractivity contribution in [1.82, 2.24) is 0 Å². The number of hydrogen-bond acceptors (Lipinski definition) is 3. The zero-order valence-corrected chi connectivity index (χ0v) is 13.4. The topological polar surface area (TPSA) is 83.8 Å². The fraction of sp³-hybridized carbons (Fsp3) is 0.333. The summed E-state index contributed by atoms with van der Waals surface area (Å²) in [6.45, 7) is 8.66. The molecule has 0 saturated heterocycles. The Morgan fingerprint density at radius 2 is 1.42 bits per heavy atom. The van der Waals surface area contributed by atoms with Crippen LogP contribution in [0, 0.1) is 0 Å². The highest BCUT2D eigenvalue weighted by Crippen LogP contribution is 2.07. The van der Waals surface area contributed by atoms with Gasteiger partial charge in [-0.2, -0.15) is 0 Å². The second-order valence-electron chi connectivity index (χ2n) is 4.57. The molecule has 0 bridgehead atoms. The van der Waals surface area contributed by atoms with Crippen molar-refractivity contribution < 1.29 is 23.9 Å². The van der Waals surface area contributed by atoms with Crippen molar-refractivity contribution in [1.29, 1.82) is 0 Å². The first kappa shape index (κ1) is 17.6. The predicted octanol–water partition coefficient (Wildman–Crippen LogP) is 2.59. The molecule has 0 heterocycles. The minimum atomic E-state index is -1.23. The lowest BCUT2D eigenvalue weighted by Gasteiger charge is -2.14. The monoisotopic (exact) mass is 298 g/mol. The molecule has 0 aromatic heterocycles. The van der Waals surface area contributed by atoms with Crippen LogP contribution < -0.4 is 0 Å². The average Bonchev–Trinajstić information content (AvgIpc) is 2.28. The first-order valence-electron chi connectivity index (χ1n) is 5.59. The van der Waals surface area contributed by atoms with Gasteiger partial charge in [-0.05, 0) is 38.3 Å². The van der Waals surface area contributed by atoms with Gasteiger partial charge in [0.1, 0.15) is 0 Å². The second-order valence-corrected chi connectivity index (χ2v) is 10.0. The third kappa shape index (κ3) is 7.55. The van der Waals surface area contributed by atoms with Gasteiger partial charge in [-0.15, -0.1) is 0 Å². The Balaban J connectivity index is 0.000000399. The molecule has 1 aromatic rings. The van der Waals surface area contributed by atoms with E-state index in [9.17, 15) is 9.59 Å². The number of carboxylic acid groups (broad SMARTS) is 2. The van der Waals surface area contributed by atoms with Crippen LogP contribution in [0.15, 0.2) is 24.3 Å². The predicted molar refractivity (Wildman–Crippen MR) is 76.4 cm³/mol. The first-order chi connectivity index (χ1) is 8.69. The van der Waals surface area contributed by atoms with Gasteiger partial charge in [0.05, 0.1) is 11.1 Å². The molecule has 0 atom stereocenters. The summed E-state index contributed by atoms with van der Waals surface area (Å²) in [4.78, 5) is 20.9. The molecule has 104 valence electrons. The van der Waals surface area contributed by atoms with E-state index in [0.29, 0.717) is 9.76 Å². The second kappa shape index (κ2) is 7.87. The summed E-state index contributed by atoms with van der Waals surface area (Å²) in [5.41, 5.74) is -0.380. The lowest BCUT2D eigenvalue weighted by Crippen LogP contribution is -2.26. The van der Waals surface area contributed by atoms with Crippen molar-refractivity contribution in [2.24, 2.45) is 0 Å². The molecule has 0 amide bonds. The van der Waals surface area contributed by atoms with E-state index < -0.39 is 20.3 Å². The van der Waals surface area contributed by atoms with Crippen molar-refractivity contribution in [2.45, 2.75) is 26.2 Å².